The van der Waals surface area contributed by atoms with E-state index in [2.05, 4.69) is 26.0 Å². The largest absolute Gasteiger partial charge is 0.462 e. The SMILES string of the molecule is CC[C@]12CCC(=O)C=C1C=CC1C2CC[C@@]2(C)C1CC[C@@H]2OC(C)=O. The van der Waals surface area contributed by atoms with Crippen LogP contribution in [0.15, 0.2) is 23.8 Å². The van der Waals surface area contributed by atoms with Crippen LogP contribution in [0.4, 0.5) is 0 Å². The Morgan fingerprint density at radius 2 is 2.04 bits per heavy atom. The third-order valence-corrected chi connectivity index (χ3v) is 8.10. The maximum absolute atomic E-state index is 12.0. The van der Waals surface area contributed by atoms with Gasteiger partial charge in [0.05, 0.1) is 0 Å². The van der Waals surface area contributed by atoms with Gasteiger partial charge >= 0.3 is 5.97 Å². The number of ether oxygens (including phenoxy) is 1. The lowest BCUT2D eigenvalue weighted by Gasteiger charge is -2.56. The van der Waals surface area contributed by atoms with Crippen LogP contribution in [0.1, 0.15) is 65.7 Å². The first-order chi connectivity index (χ1) is 11.9. The summed E-state index contributed by atoms with van der Waals surface area (Å²) in [4.78, 5) is 23.5. The summed E-state index contributed by atoms with van der Waals surface area (Å²) in [5.74, 6) is 1.93. The number of hydrogen-bond donors (Lipinski definition) is 0. The van der Waals surface area contributed by atoms with Crippen LogP contribution >= 0.6 is 0 Å². The summed E-state index contributed by atoms with van der Waals surface area (Å²) in [6, 6.07) is 0. The molecule has 0 heterocycles. The number of hydrogen-bond acceptors (Lipinski definition) is 3. The number of carbonyl (C=O) groups excluding carboxylic acids is 2. The minimum atomic E-state index is -0.144. The first-order valence-corrected chi connectivity index (χ1v) is 10.0. The summed E-state index contributed by atoms with van der Waals surface area (Å²) in [6.45, 7) is 6.17. The number of fused-ring (bicyclic) bond motifs is 5. The molecule has 0 radical (unpaired) electrons. The minimum absolute atomic E-state index is 0.0757. The highest BCUT2D eigenvalue weighted by Crippen LogP contribution is 2.64. The maximum Gasteiger partial charge on any atom is 0.302 e. The van der Waals surface area contributed by atoms with Crippen LogP contribution in [-0.4, -0.2) is 17.9 Å². The molecule has 0 spiro atoms. The van der Waals surface area contributed by atoms with Gasteiger partial charge in [0.1, 0.15) is 6.10 Å². The molecule has 25 heavy (non-hydrogen) atoms. The monoisotopic (exact) mass is 342 g/mol. The van der Waals surface area contributed by atoms with E-state index in [1.165, 1.54) is 18.9 Å². The van der Waals surface area contributed by atoms with Crippen LogP contribution in [-0.2, 0) is 14.3 Å². The highest BCUT2D eigenvalue weighted by atomic mass is 16.5. The predicted octanol–water partition coefficient (Wildman–Crippen LogP) is 4.62. The molecule has 4 aliphatic rings. The summed E-state index contributed by atoms with van der Waals surface area (Å²) in [7, 11) is 0. The molecule has 0 bridgehead atoms. The Labute approximate surface area is 150 Å². The fraction of sp³-hybridized carbons (Fsp3) is 0.727. The van der Waals surface area contributed by atoms with Gasteiger partial charge in [0, 0.05) is 18.8 Å². The van der Waals surface area contributed by atoms with Crippen molar-refractivity contribution in [2.75, 3.05) is 0 Å². The van der Waals surface area contributed by atoms with Crippen molar-refractivity contribution in [2.24, 2.45) is 28.6 Å². The Bertz CT molecular complexity index is 660. The van der Waals surface area contributed by atoms with E-state index in [-0.39, 0.29) is 22.9 Å². The molecule has 0 aliphatic heterocycles. The molecule has 4 rings (SSSR count). The summed E-state index contributed by atoms with van der Waals surface area (Å²) >= 11 is 0. The molecule has 0 aromatic rings. The number of ketones is 1. The standard InChI is InChI=1S/C22H30O3/c1-4-22-12-9-16(24)13-15(22)5-6-17-18-7-8-20(25-14(2)23)21(18,3)11-10-19(17)22/h5-6,13,17-20H,4,7-12H2,1-3H3/t17?,18?,19?,20-,21-,22-/m0/s1. The van der Waals surface area contributed by atoms with Gasteiger partial charge in [0.15, 0.2) is 5.78 Å². The minimum Gasteiger partial charge on any atom is -0.462 e. The Morgan fingerprint density at radius 3 is 2.76 bits per heavy atom. The summed E-state index contributed by atoms with van der Waals surface area (Å²) in [5, 5.41) is 0. The van der Waals surface area contributed by atoms with Gasteiger partial charge in [-0.3, -0.25) is 9.59 Å². The zero-order valence-electron chi connectivity index (χ0n) is 15.7. The average molecular weight is 342 g/mol. The Kier molecular flexibility index (Phi) is 3.97. The Balaban J connectivity index is 1.69. The van der Waals surface area contributed by atoms with Crippen LogP contribution in [0.5, 0.6) is 0 Å². The predicted molar refractivity (Wildman–Crippen MR) is 96.8 cm³/mol. The summed E-state index contributed by atoms with van der Waals surface area (Å²) in [6.07, 6.45) is 13.9. The van der Waals surface area contributed by atoms with Crippen molar-refractivity contribution >= 4 is 11.8 Å². The molecular formula is C22H30O3. The molecule has 0 N–H and O–H groups in total. The van der Waals surface area contributed by atoms with E-state index in [9.17, 15) is 9.59 Å². The molecule has 0 aromatic carbocycles. The Hall–Kier alpha value is -1.38. The van der Waals surface area contributed by atoms with Gasteiger partial charge in [-0.2, -0.15) is 0 Å². The molecule has 3 unspecified atom stereocenters. The maximum atomic E-state index is 12.0. The molecule has 3 nitrogen and oxygen atoms in total. The van der Waals surface area contributed by atoms with E-state index in [4.69, 9.17) is 4.74 Å². The number of allylic oxidation sites excluding steroid dienone is 4. The number of esters is 1. The molecule has 4 aliphatic carbocycles. The van der Waals surface area contributed by atoms with Crippen molar-refractivity contribution in [3.63, 3.8) is 0 Å². The fourth-order valence-electron chi connectivity index (χ4n) is 6.81. The number of carbonyl (C=O) groups is 2. The Morgan fingerprint density at radius 1 is 1.24 bits per heavy atom. The molecule has 3 heteroatoms. The van der Waals surface area contributed by atoms with Crippen molar-refractivity contribution in [1.82, 2.24) is 0 Å². The number of rotatable bonds is 2. The molecule has 6 atom stereocenters. The highest BCUT2D eigenvalue weighted by molar-refractivity contribution is 5.92. The smallest absolute Gasteiger partial charge is 0.302 e. The van der Waals surface area contributed by atoms with Gasteiger partial charge < -0.3 is 4.74 Å². The normalized spacial score (nSPS) is 45.2. The van der Waals surface area contributed by atoms with Crippen molar-refractivity contribution < 1.29 is 14.3 Å². The molecule has 2 saturated carbocycles. The third-order valence-electron chi connectivity index (χ3n) is 8.10. The van der Waals surface area contributed by atoms with Gasteiger partial charge in [-0.25, -0.2) is 0 Å². The zero-order chi connectivity index (χ0) is 17.8. The van der Waals surface area contributed by atoms with Gasteiger partial charge in [-0.1, -0.05) is 26.0 Å². The fourth-order valence-corrected chi connectivity index (χ4v) is 6.81. The van der Waals surface area contributed by atoms with E-state index in [1.54, 1.807) is 0 Å². The summed E-state index contributed by atoms with van der Waals surface area (Å²) in [5.41, 5.74) is 1.58. The third kappa shape index (κ3) is 2.38. The lowest BCUT2D eigenvalue weighted by molar-refractivity contribution is -0.155. The van der Waals surface area contributed by atoms with E-state index in [1.807, 2.05) is 6.08 Å². The quantitative estimate of drug-likeness (QED) is 0.688. The highest BCUT2D eigenvalue weighted by Gasteiger charge is 2.59. The molecule has 0 amide bonds. The van der Waals surface area contributed by atoms with Gasteiger partial charge in [-0.15, -0.1) is 0 Å². The van der Waals surface area contributed by atoms with Crippen LogP contribution in [0.2, 0.25) is 0 Å². The second kappa shape index (κ2) is 5.82. The van der Waals surface area contributed by atoms with E-state index >= 15 is 0 Å². The van der Waals surface area contributed by atoms with Crippen molar-refractivity contribution in [3.05, 3.63) is 23.8 Å². The van der Waals surface area contributed by atoms with E-state index < -0.39 is 0 Å². The van der Waals surface area contributed by atoms with Gasteiger partial charge in [-0.05, 0) is 73.3 Å². The molecule has 136 valence electrons. The summed E-state index contributed by atoms with van der Waals surface area (Å²) < 4.78 is 5.72. The van der Waals surface area contributed by atoms with Crippen molar-refractivity contribution in [3.8, 4) is 0 Å². The van der Waals surface area contributed by atoms with Crippen LogP contribution < -0.4 is 0 Å². The molecule has 2 fully saturated rings. The van der Waals surface area contributed by atoms with Crippen molar-refractivity contribution in [2.45, 2.75) is 71.8 Å². The van der Waals surface area contributed by atoms with Crippen LogP contribution in [0, 0.1) is 28.6 Å². The molecular weight excluding hydrogens is 312 g/mol. The van der Waals surface area contributed by atoms with Gasteiger partial charge in [0.25, 0.3) is 0 Å². The van der Waals surface area contributed by atoms with E-state index in [0.717, 1.165) is 32.1 Å². The first kappa shape index (κ1) is 17.1. The average Bonchev–Trinajstić information content (AvgIpc) is 2.90. The van der Waals surface area contributed by atoms with E-state index in [0.29, 0.717) is 30.0 Å². The zero-order valence-corrected chi connectivity index (χ0v) is 15.7. The molecule has 0 saturated heterocycles. The van der Waals surface area contributed by atoms with Gasteiger partial charge in [0.2, 0.25) is 0 Å². The van der Waals surface area contributed by atoms with Crippen molar-refractivity contribution in [1.29, 1.82) is 0 Å². The second-order valence-electron chi connectivity index (χ2n) is 8.95. The first-order valence-electron chi connectivity index (χ1n) is 10.0. The second-order valence-corrected chi connectivity index (χ2v) is 8.95. The topological polar surface area (TPSA) is 43.4 Å². The lowest BCUT2D eigenvalue weighted by Crippen LogP contribution is -2.51. The van der Waals surface area contributed by atoms with Crippen LogP contribution in [0.3, 0.4) is 0 Å². The lowest BCUT2D eigenvalue weighted by atomic mass is 9.48. The molecule has 0 aromatic heterocycles. The van der Waals surface area contributed by atoms with Crippen LogP contribution in [0.25, 0.3) is 0 Å².